The molecule has 34 heavy (non-hydrogen) atoms. The lowest BCUT2D eigenvalue weighted by atomic mass is 9.99. The van der Waals surface area contributed by atoms with Crippen LogP contribution in [0.4, 0.5) is 0 Å². The van der Waals surface area contributed by atoms with Gasteiger partial charge in [-0.3, -0.25) is 4.79 Å². The van der Waals surface area contributed by atoms with Crippen LogP contribution in [-0.4, -0.2) is 47.1 Å². The van der Waals surface area contributed by atoms with Gasteiger partial charge in [-0.05, 0) is 51.2 Å². The molecule has 0 radical (unpaired) electrons. The van der Waals surface area contributed by atoms with E-state index in [4.69, 9.17) is 14.5 Å². The van der Waals surface area contributed by atoms with E-state index in [0.717, 1.165) is 42.8 Å². The molecule has 1 aliphatic carbocycles. The second-order valence-electron chi connectivity index (χ2n) is 8.57. The van der Waals surface area contributed by atoms with Gasteiger partial charge in [-0.25, -0.2) is 19.6 Å². The summed E-state index contributed by atoms with van der Waals surface area (Å²) in [6, 6.07) is 5.54. The van der Waals surface area contributed by atoms with Gasteiger partial charge in [0, 0.05) is 18.8 Å². The number of hydrogen-bond donors (Lipinski definition) is 1. The molecule has 0 amide bonds. The summed E-state index contributed by atoms with van der Waals surface area (Å²) in [5, 5.41) is 17.9. The molecule has 3 aromatic rings. The average molecular weight is 467 g/mol. The second kappa shape index (κ2) is 10.6. The van der Waals surface area contributed by atoms with E-state index in [1.54, 1.807) is 4.68 Å². The van der Waals surface area contributed by atoms with Gasteiger partial charge in [0.15, 0.2) is 0 Å². The van der Waals surface area contributed by atoms with Crippen molar-refractivity contribution >= 4 is 5.97 Å². The molecular formula is C24H30N6O4. The zero-order valence-electron chi connectivity index (χ0n) is 19.8. The van der Waals surface area contributed by atoms with Gasteiger partial charge in [0.2, 0.25) is 5.88 Å². The predicted molar refractivity (Wildman–Crippen MR) is 123 cm³/mol. The van der Waals surface area contributed by atoms with Crippen LogP contribution in [0.2, 0.25) is 0 Å². The summed E-state index contributed by atoms with van der Waals surface area (Å²) in [6.07, 6.45) is 6.12. The summed E-state index contributed by atoms with van der Waals surface area (Å²) in [4.78, 5) is 24.5. The van der Waals surface area contributed by atoms with E-state index < -0.39 is 5.97 Å². The Bertz CT molecular complexity index is 1150. The molecule has 180 valence electrons. The Balaban J connectivity index is 1.49. The SMILES string of the molecule is CCc1cc(OCc2c(-c3ccc(OC4CCCCC(C(=O)O)C4)c(C)n3)nnn2C)ncn1. The smallest absolute Gasteiger partial charge is 0.306 e. The number of carbonyl (C=O) groups is 1. The van der Waals surface area contributed by atoms with Crippen LogP contribution in [0.5, 0.6) is 11.6 Å². The number of aryl methyl sites for hydroxylation is 3. The first-order chi connectivity index (χ1) is 16.4. The quantitative estimate of drug-likeness (QED) is 0.496. The lowest BCUT2D eigenvalue weighted by Crippen LogP contribution is -2.23. The normalized spacial score (nSPS) is 18.3. The fourth-order valence-electron chi connectivity index (χ4n) is 4.16. The maximum Gasteiger partial charge on any atom is 0.306 e. The van der Waals surface area contributed by atoms with Crippen LogP contribution in [-0.2, 0) is 24.9 Å². The first-order valence-electron chi connectivity index (χ1n) is 11.6. The molecular weight excluding hydrogens is 436 g/mol. The lowest BCUT2D eigenvalue weighted by Gasteiger charge is -2.20. The lowest BCUT2D eigenvalue weighted by molar-refractivity contribution is -0.142. The number of hydrogen-bond acceptors (Lipinski definition) is 8. The highest BCUT2D eigenvalue weighted by atomic mass is 16.5. The first-order valence-corrected chi connectivity index (χ1v) is 11.6. The van der Waals surface area contributed by atoms with Gasteiger partial charge in [-0.2, -0.15) is 0 Å². The van der Waals surface area contributed by atoms with Gasteiger partial charge in [-0.1, -0.05) is 18.6 Å². The molecule has 4 rings (SSSR count). The molecule has 0 bridgehead atoms. The number of rotatable bonds is 8. The fourth-order valence-corrected chi connectivity index (χ4v) is 4.16. The largest absolute Gasteiger partial charge is 0.489 e. The molecule has 10 nitrogen and oxygen atoms in total. The van der Waals surface area contributed by atoms with Gasteiger partial charge in [0.25, 0.3) is 0 Å². The molecule has 0 aliphatic heterocycles. The van der Waals surface area contributed by atoms with Gasteiger partial charge in [0.05, 0.1) is 23.4 Å². The second-order valence-corrected chi connectivity index (χ2v) is 8.57. The number of nitrogens with zero attached hydrogens (tertiary/aromatic N) is 6. The topological polar surface area (TPSA) is 125 Å². The Morgan fingerprint density at radius 1 is 1.24 bits per heavy atom. The van der Waals surface area contributed by atoms with Gasteiger partial charge < -0.3 is 14.6 Å². The molecule has 1 aliphatic rings. The number of carboxylic acid groups (broad SMARTS) is 1. The molecule has 3 aromatic heterocycles. The van der Waals surface area contributed by atoms with Crippen LogP contribution in [0.15, 0.2) is 24.5 Å². The minimum atomic E-state index is -0.744. The van der Waals surface area contributed by atoms with Gasteiger partial charge in [0.1, 0.15) is 30.1 Å². The summed E-state index contributed by atoms with van der Waals surface area (Å²) in [5.74, 6) is 0.0565. The number of pyridine rings is 1. The van der Waals surface area contributed by atoms with Crippen LogP contribution < -0.4 is 9.47 Å². The van der Waals surface area contributed by atoms with Gasteiger partial charge in [-0.15, -0.1) is 5.10 Å². The van der Waals surface area contributed by atoms with Crippen molar-refractivity contribution in [2.24, 2.45) is 13.0 Å². The molecule has 1 saturated carbocycles. The van der Waals surface area contributed by atoms with E-state index in [1.165, 1.54) is 6.33 Å². The van der Waals surface area contributed by atoms with Crippen LogP contribution in [0.3, 0.4) is 0 Å². The molecule has 0 aromatic carbocycles. The van der Waals surface area contributed by atoms with Crippen LogP contribution in [0.1, 0.15) is 56.1 Å². The summed E-state index contributed by atoms with van der Waals surface area (Å²) in [5.41, 5.74) is 3.68. The van der Waals surface area contributed by atoms with E-state index in [2.05, 4.69) is 20.3 Å². The number of carboxylic acids is 1. The van der Waals surface area contributed by atoms with Crippen LogP contribution in [0.25, 0.3) is 11.4 Å². The Labute approximate surface area is 198 Å². The molecule has 2 atom stereocenters. The standard InChI is InChI=1S/C24H30N6O4/c1-4-17-12-22(26-14-25-17)33-13-20-23(28-29-30(20)3)19-9-10-21(15(2)27-19)34-18-8-6-5-7-16(11-18)24(31)32/h9-10,12,14,16,18H,4-8,11,13H2,1-3H3,(H,31,32). The Morgan fingerprint density at radius 2 is 2.06 bits per heavy atom. The Kier molecular flexibility index (Phi) is 7.34. The number of ether oxygens (including phenoxy) is 2. The van der Waals surface area contributed by atoms with Crippen molar-refractivity contribution in [2.45, 2.75) is 65.1 Å². The highest BCUT2D eigenvalue weighted by Gasteiger charge is 2.27. The van der Waals surface area contributed by atoms with E-state index in [-0.39, 0.29) is 18.6 Å². The third-order valence-corrected chi connectivity index (χ3v) is 6.16. The zero-order chi connectivity index (χ0) is 24.1. The molecule has 0 spiro atoms. The minimum Gasteiger partial charge on any atom is -0.489 e. The maximum absolute atomic E-state index is 11.5. The minimum absolute atomic E-state index is 0.128. The monoisotopic (exact) mass is 466 g/mol. The molecule has 1 fully saturated rings. The fraction of sp³-hybridized carbons (Fsp3) is 0.500. The summed E-state index contributed by atoms with van der Waals surface area (Å²) in [7, 11) is 1.81. The molecule has 10 heteroatoms. The maximum atomic E-state index is 11.5. The third-order valence-electron chi connectivity index (χ3n) is 6.16. The van der Waals surface area contributed by atoms with Crippen molar-refractivity contribution in [3.8, 4) is 23.0 Å². The van der Waals surface area contributed by atoms with Crippen molar-refractivity contribution in [2.75, 3.05) is 0 Å². The van der Waals surface area contributed by atoms with Crippen molar-refractivity contribution in [1.29, 1.82) is 0 Å². The first kappa shape index (κ1) is 23.6. The average Bonchev–Trinajstić information content (AvgIpc) is 3.03. The van der Waals surface area contributed by atoms with Crippen LogP contribution >= 0.6 is 0 Å². The summed E-state index contributed by atoms with van der Waals surface area (Å²) < 4.78 is 13.7. The number of aliphatic carboxylic acids is 1. The Hall–Kier alpha value is -3.56. The van der Waals surface area contributed by atoms with Gasteiger partial charge >= 0.3 is 5.97 Å². The van der Waals surface area contributed by atoms with Crippen molar-refractivity contribution in [3.05, 3.63) is 41.6 Å². The van der Waals surface area contributed by atoms with E-state index in [1.807, 2.05) is 39.1 Å². The van der Waals surface area contributed by atoms with E-state index in [0.29, 0.717) is 35.9 Å². The van der Waals surface area contributed by atoms with Crippen molar-refractivity contribution in [3.63, 3.8) is 0 Å². The van der Waals surface area contributed by atoms with Crippen LogP contribution in [0, 0.1) is 12.8 Å². The molecule has 2 unspecified atom stereocenters. The van der Waals surface area contributed by atoms with E-state index >= 15 is 0 Å². The number of aromatic nitrogens is 6. The molecule has 1 N–H and O–H groups in total. The van der Waals surface area contributed by atoms with E-state index in [9.17, 15) is 9.90 Å². The zero-order valence-corrected chi connectivity index (χ0v) is 19.8. The summed E-state index contributed by atoms with van der Waals surface area (Å²) in [6.45, 7) is 4.14. The third kappa shape index (κ3) is 5.49. The highest BCUT2D eigenvalue weighted by Crippen LogP contribution is 2.30. The molecule has 0 saturated heterocycles. The highest BCUT2D eigenvalue weighted by molar-refractivity contribution is 5.70. The predicted octanol–water partition coefficient (Wildman–Crippen LogP) is 3.53. The summed E-state index contributed by atoms with van der Waals surface area (Å²) >= 11 is 0. The van der Waals surface area contributed by atoms with Crippen molar-refractivity contribution < 1.29 is 19.4 Å². The molecule has 3 heterocycles. The Morgan fingerprint density at radius 3 is 2.82 bits per heavy atom. The van der Waals surface area contributed by atoms with Crippen molar-refractivity contribution in [1.82, 2.24) is 29.9 Å².